The number of aliphatic hydroxyl groups is 1. The highest BCUT2D eigenvalue weighted by atomic mass is 16.5. The Morgan fingerprint density at radius 3 is 2.63 bits per heavy atom. The predicted molar refractivity (Wildman–Crippen MR) is 96.8 cm³/mol. The van der Waals surface area contributed by atoms with Crippen LogP contribution in [0.1, 0.15) is 44.0 Å². The number of aliphatic carboxylic acids is 2. The topological polar surface area (TPSA) is 108 Å². The van der Waals surface area contributed by atoms with Crippen molar-refractivity contribution in [2.24, 2.45) is 0 Å². The number of pyridine rings is 1. The van der Waals surface area contributed by atoms with E-state index in [-0.39, 0.29) is 18.9 Å². The summed E-state index contributed by atoms with van der Waals surface area (Å²) in [7, 11) is 0. The lowest BCUT2D eigenvalue weighted by molar-refractivity contribution is -0.715. The molecule has 144 valence electrons. The van der Waals surface area contributed by atoms with E-state index in [2.05, 4.69) is 0 Å². The van der Waals surface area contributed by atoms with Gasteiger partial charge >= 0.3 is 11.9 Å². The zero-order valence-corrected chi connectivity index (χ0v) is 15.6. The van der Waals surface area contributed by atoms with E-state index in [0.29, 0.717) is 12.2 Å². The summed E-state index contributed by atoms with van der Waals surface area (Å²) < 4.78 is 7.60. The van der Waals surface area contributed by atoms with Gasteiger partial charge in [0.15, 0.2) is 11.9 Å². The fourth-order valence-electron chi connectivity index (χ4n) is 3.51. The van der Waals surface area contributed by atoms with Crippen molar-refractivity contribution in [2.45, 2.75) is 57.8 Å². The number of hydrogen-bond acceptors (Lipinski definition) is 4. The lowest BCUT2D eigenvalue weighted by Crippen LogP contribution is -2.46. The standard InChI is InChI=1S/C20H23NO6/c1-11-8-12-4-5-13-9-16(20(2,3)26)27-18(13)14(12)10-21(11)15(19(24)25)6-7-17(22)23/h4-5,8,10,15-16,26H,6-7,9H2,1-3H3,(H-,22,23,24,25)/p+1. The number of hydrogen-bond donors (Lipinski definition) is 3. The molecule has 0 spiro atoms. The van der Waals surface area contributed by atoms with Crippen LogP contribution in [0.3, 0.4) is 0 Å². The molecule has 2 unspecified atom stereocenters. The molecule has 7 heteroatoms. The van der Waals surface area contributed by atoms with Gasteiger partial charge in [0.2, 0.25) is 0 Å². The Morgan fingerprint density at radius 2 is 2.04 bits per heavy atom. The minimum atomic E-state index is -1.08. The van der Waals surface area contributed by atoms with Crippen molar-refractivity contribution in [3.8, 4) is 5.75 Å². The first-order valence-corrected chi connectivity index (χ1v) is 8.89. The molecule has 3 N–H and O–H groups in total. The van der Waals surface area contributed by atoms with Gasteiger partial charge in [-0.15, -0.1) is 0 Å². The van der Waals surface area contributed by atoms with Gasteiger partial charge in [0, 0.05) is 25.8 Å². The van der Waals surface area contributed by atoms with E-state index >= 15 is 0 Å². The van der Waals surface area contributed by atoms with Gasteiger partial charge in [-0.2, -0.15) is 4.57 Å². The molecule has 2 heterocycles. The van der Waals surface area contributed by atoms with Crippen LogP contribution in [0.5, 0.6) is 5.75 Å². The van der Waals surface area contributed by atoms with Crippen molar-refractivity contribution in [3.05, 3.63) is 35.7 Å². The van der Waals surface area contributed by atoms with Crippen LogP contribution in [0.4, 0.5) is 0 Å². The highest BCUT2D eigenvalue weighted by molar-refractivity contribution is 5.89. The molecule has 2 atom stereocenters. The maximum absolute atomic E-state index is 11.7. The van der Waals surface area contributed by atoms with E-state index in [0.717, 1.165) is 22.0 Å². The second kappa shape index (κ2) is 6.81. The summed E-state index contributed by atoms with van der Waals surface area (Å²) in [5.74, 6) is -1.46. The lowest BCUT2D eigenvalue weighted by atomic mass is 9.96. The van der Waals surface area contributed by atoms with Gasteiger partial charge in [0.25, 0.3) is 6.04 Å². The molecule has 1 aliphatic rings. The highest BCUT2D eigenvalue weighted by Gasteiger charge is 2.37. The van der Waals surface area contributed by atoms with Gasteiger partial charge < -0.3 is 20.1 Å². The Morgan fingerprint density at radius 1 is 1.33 bits per heavy atom. The van der Waals surface area contributed by atoms with Crippen LogP contribution in [-0.2, 0) is 16.0 Å². The molecule has 0 saturated carbocycles. The summed E-state index contributed by atoms with van der Waals surface area (Å²) in [6.07, 6.45) is 1.67. The van der Waals surface area contributed by atoms with E-state index in [4.69, 9.17) is 9.84 Å². The van der Waals surface area contributed by atoms with Crippen LogP contribution in [-0.4, -0.2) is 39.0 Å². The first-order chi connectivity index (χ1) is 12.6. The Bertz CT molecular complexity index is 915. The van der Waals surface area contributed by atoms with Crippen molar-refractivity contribution in [2.75, 3.05) is 0 Å². The van der Waals surface area contributed by atoms with E-state index in [1.54, 1.807) is 31.5 Å². The van der Waals surface area contributed by atoms with E-state index < -0.39 is 23.6 Å². The number of nitrogens with zero attached hydrogens (tertiary/aromatic N) is 1. The summed E-state index contributed by atoms with van der Waals surface area (Å²) in [5.41, 5.74) is 0.677. The second-order valence-corrected chi connectivity index (χ2v) is 7.63. The zero-order chi connectivity index (χ0) is 19.9. The largest absolute Gasteiger partial charge is 0.486 e. The molecular weight excluding hydrogens is 350 g/mol. The SMILES string of the molecule is Cc1cc2ccc3c(c2c[n+]1C(CCC(=O)O)C(=O)O)OC(C(C)(C)O)C3. The smallest absolute Gasteiger partial charge is 0.373 e. The van der Waals surface area contributed by atoms with Crippen LogP contribution < -0.4 is 9.30 Å². The summed E-state index contributed by atoms with van der Waals surface area (Å²) >= 11 is 0. The van der Waals surface area contributed by atoms with Gasteiger partial charge in [-0.05, 0) is 24.8 Å². The zero-order valence-electron chi connectivity index (χ0n) is 15.6. The van der Waals surface area contributed by atoms with Crippen LogP contribution in [0.15, 0.2) is 24.4 Å². The first-order valence-electron chi connectivity index (χ1n) is 8.89. The Labute approximate surface area is 156 Å². The third-order valence-corrected chi connectivity index (χ3v) is 5.06. The normalized spacial score (nSPS) is 17.4. The summed E-state index contributed by atoms with van der Waals surface area (Å²) in [5, 5.41) is 30.5. The molecule has 27 heavy (non-hydrogen) atoms. The molecule has 1 aromatic carbocycles. The van der Waals surface area contributed by atoms with Gasteiger partial charge in [0.05, 0.1) is 17.4 Å². The number of rotatable bonds is 6. The number of benzene rings is 1. The molecule has 2 aromatic rings. The number of ether oxygens (including phenoxy) is 1. The van der Waals surface area contributed by atoms with Crippen LogP contribution in [0.2, 0.25) is 0 Å². The Hall–Kier alpha value is -2.67. The van der Waals surface area contributed by atoms with Crippen LogP contribution in [0, 0.1) is 6.92 Å². The average Bonchev–Trinajstić information content (AvgIpc) is 2.99. The number of carboxylic acids is 2. The minimum Gasteiger partial charge on any atom is -0.486 e. The fourth-order valence-corrected chi connectivity index (χ4v) is 3.51. The highest BCUT2D eigenvalue weighted by Crippen LogP contribution is 2.38. The van der Waals surface area contributed by atoms with Crippen molar-refractivity contribution in [1.29, 1.82) is 0 Å². The van der Waals surface area contributed by atoms with Crippen molar-refractivity contribution in [1.82, 2.24) is 0 Å². The second-order valence-electron chi connectivity index (χ2n) is 7.63. The van der Waals surface area contributed by atoms with Crippen molar-refractivity contribution < 1.29 is 34.2 Å². The van der Waals surface area contributed by atoms with E-state index in [1.165, 1.54) is 0 Å². The molecule has 0 aliphatic carbocycles. The number of carbonyl (C=O) groups is 2. The minimum absolute atomic E-state index is 0.0101. The fraction of sp³-hybridized carbons (Fsp3) is 0.450. The third-order valence-electron chi connectivity index (χ3n) is 5.06. The van der Waals surface area contributed by atoms with Gasteiger partial charge in [-0.3, -0.25) is 4.79 Å². The third kappa shape index (κ3) is 3.73. The molecule has 1 aromatic heterocycles. The summed E-state index contributed by atoms with van der Waals surface area (Å²) in [6.45, 7) is 5.19. The van der Waals surface area contributed by atoms with Crippen molar-refractivity contribution in [3.63, 3.8) is 0 Å². The maximum atomic E-state index is 11.7. The van der Waals surface area contributed by atoms with E-state index in [9.17, 15) is 19.8 Å². The summed E-state index contributed by atoms with van der Waals surface area (Å²) in [4.78, 5) is 22.6. The molecule has 0 saturated heterocycles. The quantitative estimate of drug-likeness (QED) is 0.668. The molecule has 0 bridgehead atoms. The lowest BCUT2D eigenvalue weighted by Gasteiger charge is -2.24. The maximum Gasteiger partial charge on any atom is 0.373 e. The van der Waals surface area contributed by atoms with Crippen LogP contribution in [0.25, 0.3) is 10.8 Å². The number of carboxylic acid groups (broad SMARTS) is 2. The number of aromatic nitrogens is 1. The summed E-state index contributed by atoms with van der Waals surface area (Å²) in [6, 6.07) is 4.81. The first kappa shape index (κ1) is 19.1. The molecule has 3 rings (SSSR count). The van der Waals surface area contributed by atoms with Crippen molar-refractivity contribution >= 4 is 22.7 Å². The van der Waals surface area contributed by atoms with Gasteiger partial charge in [0.1, 0.15) is 11.9 Å². The van der Waals surface area contributed by atoms with Gasteiger partial charge in [-0.1, -0.05) is 12.1 Å². The monoisotopic (exact) mass is 374 g/mol. The Kier molecular flexibility index (Phi) is 4.82. The molecule has 0 amide bonds. The molecular formula is C20H24NO6+. The molecule has 1 aliphatic heterocycles. The molecule has 7 nitrogen and oxygen atoms in total. The molecule has 0 fully saturated rings. The predicted octanol–water partition coefficient (Wildman–Crippen LogP) is 2.00. The molecule has 0 radical (unpaired) electrons. The number of aryl methyl sites for hydroxylation is 1. The number of fused-ring (bicyclic) bond motifs is 3. The average molecular weight is 374 g/mol. The van der Waals surface area contributed by atoms with E-state index in [1.807, 2.05) is 18.2 Å². The van der Waals surface area contributed by atoms with Gasteiger partial charge in [-0.25, -0.2) is 4.79 Å². The Balaban J connectivity index is 2.08. The van der Waals surface area contributed by atoms with Crippen LogP contribution >= 0.6 is 0 Å².